The van der Waals surface area contributed by atoms with Crippen molar-refractivity contribution in [2.24, 2.45) is 11.1 Å². The van der Waals surface area contributed by atoms with E-state index in [1.165, 1.54) is 0 Å². The molecule has 2 nitrogen and oxygen atoms in total. The minimum Gasteiger partial charge on any atom is -0.323 e. The Kier molecular flexibility index (Phi) is 2.93. The maximum atomic E-state index is 8.93. The van der Waals surface area contributed by atoms with Crippen molar-refractivity contribution in [3.8, 4) is 6.07 Å². The predicted molar refractivity (Wildman–Crippen MR) is 57.5 cm³/mol. The van der Waals surface area contributed by atoms with Crippen LogP contribution in [0.4, 0.5) is 0 Å². The normalized spacial score (nSPS) is 13.4. The lowest BCUT2D eigenvalue weighted by atomic mass is 9.81. The fraction of sp³-hybridized carbons (Fsp3) is 0.417. The maximum absolute atomic E-state index is 8.93. The lowest BCUT2D eigenvalue weighted by molar-refractivity contribution is 0.326. The van der Waals surface area contributed by atoms with Crippen LogP contribution >= 0.6 is 0 Å². The number of rotatable bonds is 1. The third kappa shape index (κ3) is 2.12. The Bertz CT molecular complexity index is 355. The van der Waals surface area contributed by atoms with E-state index in [1.54, 1.807) is 6.07 Å². The molecule has 74 valence electrons. The average molecular weight is 188 g/mol. The molecule has 0 bridgehead atoms. The van der Waals surface area contributed by atoms with Gasteiger partial charge in [-0.05, 0) is 17.0 Å². The SMILES string of the molecule is CC(C)(C)[C@@H](N)c1ccccc1C#N. The van der Waals surface area contributed by atoms with Gasteiger partial charge in [-0.1, -0.05) is 39.0 Å². The maximum Gasteiger partial charge on any atom is 0.0995 e. The van der Waals surface area contributed by atoms with Gasteiger partial charge in [-0.3, -0.25) is 0 Å². The summed E-state index contributed by atoms with van der Waals surface area (Å²) in [6.45, 7) is 6.23. The molecule has 0 radical (unpaired) electrons. The minimum atomic E-state index is -0.0988. The third-order valence-corrected chi connectivity index (χ3v) is 2.35. The molecule has 0 aliphatic heterocycles. The van der Waals surface area contributed by atoms with Crippen molar-refractivity contribution in [3.05, 3.63) is 35.4 Å². The molecule has 0 aliphatic carbocycles. The number of hydrogen-bond acceptors (Lipinski definition) is 2. The monoisotopic (exact) mass is 188 g/mol. The Balaban J connectivity index is 3.14. The van der Waals surface area contributed by atoms with Gasteiger partial charge in [0.15, 0.2) is 0 Å². The van der Waals surface area contributed by atoms with Crippen LogP contribution in [0.1, 0.15) is 37.9 Å². The Morgan fingerprint density at radius 3 is 2.36 bits per heavy atom. The molecule has 0 aliphatic rings. The molecule has 2 heteroatoms. The lowest BCUT2D eigenvalue weighted by Gasteiger charge is -2.27. The minimum absolute atomic E-state index is 0.0209. The fourth-order valence-corrected chi connectivity index (χ4v) is 1.34. The summed E-state index contributed by atoms with van der Waals surface area (Å²) >= 11 is 0. The number of nitrogens with zero attached hydrogens (tertiary/aromatic N) is 1. The van der Waals surface area contributed by atoms with Crippen LogP contribution in [-0.4, -0.2) is 0 Å². The van der Waals surface area contributed by atoms with Gasteiger partial charge < -0.3 is 5.73 Å². The molecule has 2 N–H and O–H groups in total. The zero-order valence-electron chi connectivity index (χ0n) is 8.91. The van der Waals surface area contributed by atoms with Gasteiger partial charge in [0.05, 0.1) is 11.6 Å². The molecule has 0 aromatic heterocycles. The Hall–Kier alpha value is -1.33. The molecule has 1 aromatic rings. The van der Waals surface area contributed by atoms with Gasteiger partial charge in [0.1, 0.15) is 0 Å². The Morgan fingerprint density at radius 2 is 1.86 bits per heavy atom. The van der Waals surface area contributed by atoms with Gasteiger partial charge in [-0.25, -0.2) is 0 Å². The number of hydrogen-bond donors (Lipinski definition) is 1. The molecule has 0 unspecified atom stereocenters. The molecule has 0 heterocycles. The molecular weight excluding hydrogens is 172 g/mol. The van der Waals surface area contributed by atoms with Crippen LogP contribution in [0.3, 0.4) is 0 Å². The van der Waals surface area contributed by atoms with Crippen LogP contribution in [-0.2, 0) is 0 Å². The molecule has 1 aromatic carbocycles. The van der Waals surface area contributed by atoms with E-state index in [9.17, 15) is 0 Å². The molecule has 14 heavy (non-hydrogen) atoms. The average Bonchev–Trinajstić information content (AvgIpc) is 2.15. The summed E-state index contributed by atoms with van der Waals surface area (Å²) in [7, 11) is 0. The van der Waals surface area contributed by atoms with Crippen molar-refractivity contribution in [2.45, 2.75) is 26.8 Å². The van der Waals surface area contributed by atoms with Crippen LogP contribution in [0.5, 0.6) is 0 Å². The summed E-state index contributed by atoms with van der Waals surface area (Å²) in [5.74, 6) is 0. The first-order chi connectivity index (χ1) is 6.46. The van der Waals surface area contributed by atoms with E-state index < -0.39 is 0 Å². The summed E-state index contributed by atoms with van der Waals surface area (Å²) in [6, 6.07) is 9.58. The molecule has 1 atom stereocenters. The molecule has 0 amide bonds. The number of benzene rings is 1. The van der Waals surface area contributed by atoms with Crippen molar-refractivity contribution in [1.82, 2.24) is 0 Å². The van der Waals surface area contributed by atoms with E-state index in [2.05, 4.69) is 26.8 Å². The summed E-state index contributed by atoms with van der Waals surface area (Å²) in [5.41, 5.74) is 7.69. The second kappa shape index (κ2) is 3.81. The van der Waals surface area contributed by atoms with Crippen LogP contribution in [0, 0.1) is 16.7 Å². The van der Waals surface area contributed by atoms with E-state index in [0.29, 0.717) is 5.56 Å². The van der Waals surface area contributed by atoms with Crippen molar-refractivity contribution < 1.29 is 0 Å². The summed E-state index contributed by atoms with van der Waals surface area (Å²) < 4.78 is 0. The molecule has 0 fully saturated rings. The van der Waals surface area contributed by atoms with Crippen molar-refractivity contribution in [1.29, 1.82) is 5.26 Å². The van der Waals surface area contributed by atoms with Crippen LogP contribution in [0.2, 0.25) is 0 Å². The molecule has 0 saturated carbocycles. The summed E-state index contributed by atoms with van der Waals surface area (Å²) in [5, 5.41) is 8.93. The van der Waals surface area contributed by atoms with Crippen molar-refractivity contribution >= 4 is 0 Å². The van der Waals surface area contributed by atoms with Crippen LogP contribution < -0.4 is 5.73 Å². The van der Waals surface area contributed by atoms with E-state index in [4.69, 9.17) is 11.0 Å². The molecule has 0 spiro atoms. The third-order valence-electron chi connectivity index (χ3n) is 2.35. The van der Waals surface area contributed by atoms with Gasteiger partial charge in [-0.15, -0.1) is 0 Å². The zero-order valence-corrected chi connectivity index (χ0v) is 8.91. The topological polar surface area (TPSA) is 49.8 Å². The quantitative estimate of drug-likeness (QED) is 0.736. The fourth-order valence-electron chi connectivity index (χ4n) is 1.34. The highest BCUT2D eigenvalue weighted by Crippen LogP contribution is 2.31. The summed E-state index contributed by atoms with van der Waals surface area (Å²) in [6.07, 6.45) is 0. The Labute approximate surface area is 85.4 Å². The van der Waals surface area contributed by atoms with E-state index in [1.807, 2.05) is 18.2 Å². The smallest absolute Gasteiger partial charge is 0.0995 e. The predicted octanol–water partition coefficient (Wildman–Crippen LogP) is 2.60. The van der Waals surface area contributed by atoms with Gasteiger partial charge in [0, 0.05) is 6.04 Å². The standard InChI is InChI=1S/C12H16N2/c1-12(2,3)11(14)10-7-5-4-6-9(10)8-13/h4-7,11H,14H2,1-3H3/t11-/m0/s1. The lowest BCUT2D eigenvalue weighted by Crippen LogP contribution is -2.26. The van der Waals surface area contributed by atoms with Crippen molar-refractivity contribution in [2.75, 3.05) is 0 Å². The number of nitriles is 1. The highest BCUT2D eigenvalue weighted by molar-refractivity contribution is 5.39. The first kappa shape index (κ1) is 10.7. The first-order valence-electron chi connectivity index (χ1n) is 4.71. The second-order valence-electron chi connectivity index (χ2n) is 4.54. The largest absolute Gasteiger partial charge is 0.323 e. The van der Waals surface area contributed by atoms with E-state index in [-0.39, 0.29) is 11.5 Å². The van der Waals surface area contributed by atoms with E-state index in [0.717, 1.165) is 5.56 Å². The first-order valence-corrected chi connectivity index (χ1v) is 4.71. The van der Waals surface area contributed by atoms with Gasteiger partial charge in [0.2, 0.25) is 0 Å². The van der Waals surface area contributed by atoms with Gasteiger partial charge in [-0.2, -0.15) is 5.26 Å². The molecule has 1 rings (SSSR count). The second-order valence-corrected chi connectivity index (χ2v) is 4.54. The zero-order chi connectivity index (χ0) is 10.8. The van der Waals surface area contributed by atoms with Gasteiger partial charge in [0.25, 0.3) is 0 Å². The number of nitrogens with two attached hydrogens (primary N) is 1. The van der Waals surface area contributed by atoms with Crippen molar-refractivity contribution in [3.63, 3.8) is 0 Å². The highest BCUT2D eigenvalue weighted by atomic mass is 14.7. The van der Waals surface area contributed by atoms with Crippen LogP contribution in [0.25, 0.3) is 0 Å². The molecular formula is C12H16N2. The van der Waals surface area contributed by atoms with E-state index >= 15 is 0 Å². The highest BCUT2D eigenvalue weighted by Gasteiger charge is 2.23. The van der Waals surface area contributed by atoms with Crippen LogP contribution in [0.15, 0.2) is 24.3 Å². The summed E-state index contributed by atoms with van der Waals surface area (Å²) in [4.78, 5) is 0. The Morgan fingerprint density at radius 1 is 1.29 bits per heavy atom. The van der Waals surface area contributed by atoms with Gasteiger partial charge >= 0.3 is 0 Å². The molecule has 0 saturated heterocycles.